The van der Waals surface area contributed by atoms with Crippen LogP contribution in [-0.4, -0.2) is 32.2 Å². The Balaban J connectivity index is 1.46. The number of carbonyl (C=O) groups is 1. The van der Waals surface area contributed by atoms with Crippen LogP contribution < -0.4 is 5.32 Å². The summed E-state index contributed by atoms with van der Waals surface area (Å²) in [6.07, 6.45) is -1.12. The molecule has 0 saturated carbocycles. The lowest BCUT2D eigenvalue weighted by Gasteiger charge is -2.61. The van der Waals surface area contributed by atoms with Crippen LogP contribution in [0.3, 0.4) is 0 Å². The molecular weight excluding hydrogens is 439 g/mol. The largest absolute Gasteiger partial charge is 0.444 e. The monoisotopic (exact) mass is 461 g/mol. The molecule has 4 heterocycles. The summed E-state index contributed by atoms with van der Waals surface area (Å²) >= 11 is 0. The van der Waals surface area contributed by atoms with Crippen molar-refractivity contribution in [3.63, 3.8) is 0 Å². The fourth-order valence-corrected chi connectivity index (χ4v) is 5.14. The number of nitrogens with one attached hydrogen (secondary N) is 1. The molecule has 2 bridgehead atoms. The van der Waals surface area contributed by atoms with Crippen molar-refractivity contribution in [2.45, 2.75) is 57.8 Å². The lowest BCUT2D eigenvalue weighted by atomic mass is 9.64. The Morgan fingerprint density at radius 1 is 1.24 bits per heavy atom. The molecule has 5 rings (SSSR count). The summed E-state index contributed by atoms with van der Waals surface area (Å²) in [4.78, 5) is 19.0. The van der Waals surface area contributed by atoms with Gasteiger partial charge in [0.1, 0.15) is 11.8 Å². The molecule has 11 heteroatoms. The van der Waals surface area contributed by atoms with Crippen LogP contribution >= 0.6 is 0 Å². The first-order valence-electron chi connectivity index (χ1n) is 10.6. The quantitative estimate of drug-likeness (QED) is 0.569. The van der Waals surface area contributed by atoms with E-state index in [1.807, 2.05) is 0 Å². The van der Waals surface area contributed by atoms with Crippen molar-refractivity contribution < 1.29 is 26.8 Å². The first kappa shape index (κ1) is 21.5. The molecule has 2 aliphatic rings. The Labute approximate surface area is 187 Å². The molecule has 0 spiro atoms. The van der Waals surface area contributed by atoms with E-state index in [1.165, 1.54) is 18.4 Å². The van der Waals surface area contributed by atoms with Crippen LogP contribution in [0.1, 0.15) is 49.2 Å². The Bertz CT molecular complexity index is 1220. The zero-order valence-electron chi connectivity index (χ0n) is 18.2. The minimum Gasteiger partial charge on any atom is -0.444 e. The SMILES string of the molecule is Cc1coc(-c2cc(NC(=O)N3C4C[C@H](C)CC3(c3nnc(C)o3)C4)ccc2C(F)(F)F)n1. The number of fused-ring (bicyclic) bond motifs is 2. The summed E-state index contributed by atoms with van der Waals surface area (Å²) in [6, 6.07) is 2.93. The Hall–Kier alpha value is -3.37. The van der Waals surface area contributed by atoms with E-state index in [2.05, 4.69) is 27.4 Å². The fourth-order valence-electron chi connectivity index (χ4n) is 5.14. The van der Waals surface area contributed by atoms with E-state index in [1.54, 1.807) is 18.7 Å². The van der Waals surface area contributed by atoms with E-state index < -0.39 is 23.3 Å². The van der Waals surface area contributed by atoms with Gasteiger partial charge >= 0.3 is 12.2 Å². The van der Waals surface area contributed by atoms with Crippen molar-refractivity contribution in [3.8, 4) is 11.5 Å². The van der Waals surface area contributed by atoms with Gasteiger partial charge in [-0.3, -0.25) is 0 Å². The predicted octanol–water partition coefficient (Wildman–Crippen LogP) is 5.29. The number of hydrogen-bond acceptors (Lipinski definition) is 6. The van der Waals surface area contributed by atoms with E-state index in [0.29, 0.717) is 36.2 Å². The first-order chi connectivity index (χ1) is 15.6. The molecular formula is C22H22F3N5O3. The van der Waals surface area contributed by atoms with Gasteiger partial charge in [0.2, 0.25) is 17.7 Å². The minimum absolute atomic E-state index is 0.00994. The molecule has 1 aromatic carbocycles. The summed E-state index contributed by atoms with van der Waals surface area (Å²) in [7, 11) is 0. The Morgan fingerprint density at radius 3 is 2.67 bits per heavy atom. The maximum Gasteiger partial charge on any atom is 0.417 e. The van der Waals surface area contributed by atoms with Gasteiger partial charge in [-0.25, -0.2) is 9.78 Å². The second-order valence-corrected chi connectivity index (χ2v) is 8.91. The number of aryl methyl sites for hydroxylation is 2. The molecule has 2 aromatic heterocycles. The number of nitrogens with zero attached hydrogens (tertiary/aromatic N) is 4. The number of piperidine rings is 1. The number of urea groups is 1. The van der Waals surface area contributed by atoms with Crippen LogP contribution in [0.15, 0.2) is 33.3 Å². The van der Waals surface area contributed by atoms with Crippen molar-refractivity contribution in [2.75, 3.05) is 5.32 Å². The highest BCUT2D eigenvalue weighted by Gasteiger charge is 2.62. The molecule has 0 radical (unpaired) electrons. The van der Waals surface area contributed by atoms with Gasteiger partial charge in [-0.2, -0.15) is 13.2 Å². The van der Waals surface area contributed by atoms with Gasteiger partial charge in [-0.15, -0.1) is 10.2 Å². The highest BCUT2D eigenvalue weighted by Crippen LogP contribution is 2.55. The molecule has 33 heavy (non-hydrogen) atoms. The van der Waals surface area contributed by atoms with Gasteiger partial charge in [0.05, 0.1) is 16.8 Å². The van der Waals surface area contributed by atoms with Crippen LogP contribution in [0.4, 0.5) is 23.7 Å². The number of aromatic nitrogens is 3. The summed E-state index contributed by atoms with van der Waals surface area (Å²) in [6.45, 7) is 5.42. The summed E-state index contributed by atoms with van der Waals surface area (Å²) in [5.74, 6) is 1.01. The number of oxazole rings is 1. The van der Waals surface area contributed by atoms with Crippen molar-refractivity contribution in [1.29, 1.82) is 0 Å². The Morgan fingerprint density at radius 2 is 2.03 bits per heavy atom. The maximum absolute atomic E-state index is 13.6. The van der Waals surface area contributed by atoms with Gasteiger partial charge in [0, 0.05) is 25.1 Å². The van der Waals surface area contributed by atoms with Crippen LogP contribution in [0.5, 0.6) is 0 Å². The van der Waals surface area contributed by atoms with Crippen molar-refractivity contribution in [2.24, 2.45) is 5.92 Å². The normalized spacial score (nSPS) is 24.5. The van der Waals surface area contributed by atoms with Gasteiger partial charge in [-0.1, -0.05) is 6.92 Å². The van der Waals surface area contributed by atoms with Crippen LogP contribution in [-0.2, 0) is 11.7 Å². The van der Waals surface area contributed by atoms with E-state index in [9.17, 15) is 18.0 Å². The summed E-state index contributed by atoms with van der Waals surface area (Å²) in [5, 5.41) is 10.8. The highest BCUT2D eigenvalue weighted by molar-refractivity contribution is 5.92. The number of benzene rings is 1. The third-order valence-corrected chi connectivity index (χ3v) is 6.33. The van der Waals surface area contributed by atoms with E-state index in [0.717, 1.165) is 12.5 Å². The summed E-state index contributed by atoms with van der Waals surface area (Å²) in [5.41, 5.74) is -1.19. The average molecular weight is 461 g/mol. The molecule has 3 atom stereocenters. The standard InChI is InChI=1S/C22H22F3N5O3/c1-11-6-15-9-21(8-11,19-29-28-13(3)33-19)30(15)20(31)27-14-4-5-17(22(23,24)25)16(7-14)18-26-12(2)10-32-18/h4-5,7,10-11,15H,6,8-9H2,1-3H3,(H,27,31)/t11-,15?,21?/m0/s1. The van der Waals surface area contributed by atoms with Gasteiger partial charge < -0.3 is 19.1 Å². The lowest BCUT2D eigenvalue weighted by molar-refractivity contribution is -0.137. The molecule has 2 saturated heterocycles. The van der Waals surface area contributed by atoms with Crippen LogP contribution in [0.2, 0.25) is 0 Å². The van der Waals surface area contributed by atoms with Crippen molar-refractivity contribution in [3.05, 3.63) is 47.5 Å². The van der Waals surface area contributed by atoms with Gasteiger partial charge in [0.25, 0.3) is 0 Å². The minimum atomic E-state index is -4.61. The average Bonchev–Trinajstić information content (AvgIpc) is 3.35. The van der Waals surface area contributed by atoms with E-state index >= 15 is 0 Å². The lowest BCUT2D eigenvalue weighted by Crippen LogP contribution is -2.70. The molecule has 1 N–H and O–H groups in total. The maximum atomic E-state index is 13.6. The summed E-state index contributed by atoms with van der Waals surface area (Å²) < 4.78 is 51.6. The zero-order valence-corrected chi connectivity index (χ0v) is 18.2. The van der Waals surface area contributed by atoms with E-state index in [-0.39, 0.29) is 23.2 Å². The highest BCUT2D eigenvalue weighted by atomic mass is 19.4. The van der Waals surface area contributed by atoms with Crippen LogP contribution in [0, 0.1) is 19.8 Å². The number of hydrogen-bond donors (Lipinski definition) is 1. The molecule has 2 aliphatic heterocycles. The number of halogens is 3. The number of amides is 2. The number of anilines is 1. The molecule has 2 fully saturated rings. The van der Waals surface area contributed by atoms with Gasteiger partial charge in [-0.05, 0) is 43.9 Å². The molecule has 8 nitrogen and oxygen atoms in total. The smallest absolute Gasteiger partial charge is 0.417 e. The van der Waals surface area contributed by atoms with Crippen molar-refractivity contribution in [1.82, 2.24) is 20.1 Å². The predicted molar refractivity (Wildman–Crippen MR) is 110 cm³/mol. The third-order valence-electron chi connectivity index (χ3n) is 6.33. The second kappa shape index (κ2) is 7.32. The second-order valence-electron chi connectivity index (χ2n) is 8.91. The van der Waals surface area contributed by atoms with E-state index in [4.69, 9.17) is 8.83 Å². The first-order valence-corrected chi connectivity index (χ1v) is 10.6. The Kier molecular flexibility index (Phi) is 4.77. The number of carbonyl (C=O) groups excluding carboxylic acids is 1. The van der Waals surface area contributed by atoms with Crippen molar-refractivity contribution >= 4 is 11.7 Å². The molecule has 0 aliphatic carbocycles. The van der Waals surface area contributed by atoms with Gasteiger partial charge in [0.15, 0.2) is 0 Å². The fraction of sp³-hybridized carbons (Fsp3) is 0.455. The topological polar surface area (TPSA) is 97.3 Å². The molecule has 174 valence electrons. The molecule has 2 unspecified atom stereocenters. The molecule has 3 aromatic rings. The zero-order chi connectivity index (χ0) is 23.5. The number of alkyl halides is 3. The number of rotatable bonds is 3. The third kappa shape index (κ3) is 3.55. The van der Waals surface area contributed by atoms with Crippen LogP contribution in [0.25, 0.3) is 11.5 Å². The molecule has 2 amide bonds.